The summed E-state index contributed by atoms with van der Waals surface area (Å²) in [6.45, 7) is 14.0. The van der Waals surface area contributed by atoms with Crippen LogP contribution in [0.15, 0.2) is 10.6 Å². The number of nitrogens with one attached hydrogen (secondary N) is 1. The summed E-state index contributed by atoms with van der Waals surface area (Å²) in [6, 6.07) is 1.67. The number of likely N-dealkylation sites (tertiary alicyclic amines) is 1. The van der Waals surface area contributed by atoms with Crippen molar-refractivity contribution < 1.29 is 14.1 Å². The predicted octanol–water partition coefficient (Wildman–Crippen LogP) is 3.31. The van der Waals surface area contributed by atoms with Crippen LogP contribution in [0.25, 0.3) is 0 Å². The fourth-order valence-corrected chi connectivity index (χ4v) is 3.89. The Balaban J connectivity index is 1.94. The molecule has 2 rings (SSSR count). The summed E-state index contributed by atoms with van der Waals surface area (Å²) in [6.07, 6.45) is 3.86. The van der Waals surface area contributed by atoms with E-state index < -0.39 is 0 Å². The molecule has 1 aromatic heterocycles. The van der Waals surface area contributed by atoms with E-state index in [1.807, 2.05) is 0 Å². The van der Waals surface area contributed by atoms with Gasteiger partial charge in [0.05, 0.1) is 6.54 Å². The summed E-state index contributed by atoms with van der Waals surface area (Å²) in [5.74, 6) is 1.10. The van der Waals surface area contributed by atoms with Gasteiger partial charge in [0, 0.05) is 25.6 Å². The Morgan fingerprint density at radius 2 is 2.00 bits per heavy atom. The molecular weight excluding hydrogens is 356 g/mol. The highest BCUT2D eigenvalue weighted by Gasteiger charge is 2.24. The van der Waals surface area contributed by atoms with Crippen LogP contribution in [0.1, 0.15) is 59.1 Å². The molecule has 28 heavy (non-hydrogen) atoms. The third-order valence-corrected chi connectivity index (χ3v) is 4.95. The van der Waals surface area contributed by atoms with Crippen molar-refractivity contribution in [2.24, 2.45) is 11.3 Å². The van der Waals surface area contributed by atoms with Crippen molar-refractivity contribution in [3.05, 3.63) is 11.8 Å². The summed E-state index contributed by atoms with van der Waals surface area (Å²) < 4.78 is 4.98. The van der Waals surface area contributed by atoms with Crippen LogP contribution < -0.4 is 5.32 Å². The first-order chi connectivity index (χ1) is 13.1. The molecule has 1 aliphatic rings. The minimum absolute atomic E-state index is 0.0425. The molecule has 0 radical (unpaired) electrons. The average Bonchev–Trinajstić information content (AvgIpc) is 3.21. The highest BCUT2D eigenvalue weighted by atomic mass is 16.5. The molecule has 0 saturated carbocycles. The number of amides is 2. The van der Waals surface area contributed by atoms with Crippen molar-refractivity contribution in [1.82, 2.24) is 15.0 Å². The smallest absolute Gasteiger partial charge is 0.245 e. The van der Waals surface area contributed by atoms with Crippen LogP contribution in [0.3, 0.4) is 0 Å². The van der Waals surface area contributed by atoms with Gasteiger partial charge in [0.15, 0.2) is 5.82 Å². The molecule has 0 spiro atoms. The van der Waals surface area contributed by atoms with Crippen LogP contribution in [0.2, 0.25) is 0 Å². The molecule has 1 aromatic rings. The average molecular weight is 393 g/mol. The van der Waals surface area contributed by atoms with Crippen molar-refractivity contribution >= 4 is 17.6 Å². The van der Waals surface area contributed by atoms with E-state index in [1.54, 1.807) is 17.9 Å². The van der Waals surface area contributed by atoms with E-state index in [0.29, 0.717) is 24.5 Å². The highest BCUT2D eigenvalue weighted by molar-refractivity contribution is 5.93. The Morgan fingerprint density at radius 3 is 2.57 bits per heavy atom. The lowest BCUT2D eigenvalue weighted by atomic mass is 9.84. The molecule has 2 heterocycles. The fourth-order valence-electron chi connectivity index (χ4n) is 3.89. The van der Waals surface area contributed by atoms with E-state index in [9.17, 15) is 9.59 Å². The molecule has 158 valence electrons. The molecule has 0 bridgehead atoms. The summed E-state index contributed by atoms with van der Waals surface area (Å²) >= 11 is 0. The molecule has 1 fully saturated rings. The minimum atomic E-state index is -0.244. The second-order valence-corrected chi connectivity index (χ2v) is 9.31. The number of nitrogens with zero attached hydrogens (tertiary/aromatic N) is 3. The van der Waals surface area contributed by atoms with Crippen molar-refractivity contribution in [2.75, 3.05) is 38.0 Å². The van der Waals surface area contributed by atoms with Crippen LogP contribution >= 0.6 is 0 Å². The van der Waals surface area contributed by atoms with Crippen molar-refractivity contribution in [3.8, 4) is 0 Å². The molecule has 7 heteroatoms. The van der Waals surface area contributed by atoms with Gasteiger partial charge in [-0.15, -0.1) is 0 Å². The molecule has 7 nitrogen and oxygen atoms in total. The van der Waals surface area contributed by atoms with Crippen LogP contribution in [-0.4, -0.2) is 59.5 Å². The number of aromatic nitrogens is 1. The first-order valence-corrected chi connectivity index (χ1v) is 10.4. The van der Waals surface area contributed by atoms with Crippen molar-refractivity contribution in [1.29, 1.82) is 0 Å². The van der Waals surface area contributed by atoms with Crippen molar-refractivity contribution in [2.45, 2.75) is 60.3 Å². The predicted molar refractivity (Wildman–Crippen MR) is 110 cm³/mol. The molecule has 2 amide bonds. The van der Waals surface area contributed by atoms with Crippen LogP contribution in [0.4, 0.5) is 5.82 Å². The largest absolute Gasteiger partial charge is 0.360 e. The van der Waals surface area contributed by atoms with E-state index in [0.717, 1.165) is 26.1 Å². The number of rotatable bonds is 9. The summed E-state index contributed by atoms with van der Waals surface area (Å²) in [4.78, 5) is 29.4. The monoisotopic (exact) mass is 392 g/mol. The maximum Gasteiger partial charge on any atom is 0.245 e. The number of hydrogen-bond acceptors (Lipinski definition) is 5. The van der Waals surface area contributed by atoms with Gasteiger partial charge in [-0.1, -0.05) is 32.9 Å². The number of aryl methyl sites for hydroxylation is 1. The molecule has 1 saturated heterocycles. The number of hydrogen-bond donors (Lipinski definition) is 1. The molecule has 1 N–H and O–H groups in total. The van der Waals surface area contributed by atoms with Gasteiger partial charge in [0.25, 0.3) is 0 Å². The lowest BCUT2D eigenvalue weighted by Gasteiger charge is -2.28. The third kappa shape index (κ3) is 8.00. The molecule has 1 aliphatic heterocycles. The fraction of sp³-hybridized carbons (Fsp3) is 0.762. The molecule has 0 aliphatic carbocycles. The zero-order valence-electron chi connectivity index (χ0n) is 18.1. The Kier molecular flexibility index (Phi) is 8.04. The molecule has 0 unspecified atom stereocenters. The zero-order valence-corrected chi connectivity index (χ0v) is 18.1. The zero-order chi connectivity index (χ0) is 20.7. The number of anilines is 1. The Bertz CT molecular complexity index is 644. The molecule has 0 aromatic carbocycles. The molecular formula is C21H36N4O3. The summed E-state index contributed by atoms with van der Waals surface area (Å²) in [7, 11) is 0. The standard InChI is InChI=1S/C21H36N4O3/c1-16(14-21(3,4)5)12-20(27)25(11-10-24-8-6-7-9-24)15-19(26)22-18-13-17(2)28-23-18/h13,16H,6-12,14-15H2,1-5H3,(H,22,23,26)/t16-/m1/s1. The van der Waals surface area contributed by atoms with Gasteiger partial charge < -0.3 is 19.6 Å². The second-order valence-electron chi connectivity index (χ2n) is 9.31. The quantitative estimate of drug-likeness (QED) is 0.697. The van der Waals surface area contributed by atoms with Gasteiger partial charge in [0.1, 0.15) is 5.76 Å². The highest BCUT2D eigenvalue weighted by Crippen LogP contribution is 2.26. The van der Waals surface area contributed by atoms with Gasteiger partial charge in [-0.25, -0.2) is 0 Å². The summed E-state index contributed by atoms with van der Waals surface area (Å²) in [5, 5.41) is 6.50. The van der Waals surface area contributed by atoms with E-state index in [2.05, 4.69) is 43.1 Å². The first kappa shape index (κ1) is 22.4. The third-order valence-electron chi connectivity index (χ3n) is 4.95. The van der Waals surface area contributed by atoms with Gasteiger partial charge in [-0.3, -0.25) is 9.59 Å². The second kappa shape index (κ2) is 10.0. The Labute approximate surface area is 168 Å². The van der Waals surface area contributed by atoms with Gasteiger partial charge in [-0.2, -0.15) is 0 Å². The normalized spacial score (nSPS) is 16.2. The lowest BCUT2D eigenvalue weighted by molar-refractivity contribution is -0.135. The van der Waals surface area contributed by atoms with Gasteiger partial charge >= 0.3 is 0 Å². The molecule has 1 atom stereocenters. The van der Waals surface area contributed by atoms with E-state index in [4.69, 9.17) is 4.52 Å². The van der Waals surface area contributed by atoms with E-state index in [1.165, 1.54) is 12.8 Å². The van der Waals surface area contributed by atoms with Gasteiger partial charge in [-0.05, 0) is 50.6 Å². The topological polar surface area (TPSA) is 78.7 Å². The minimum Gasteiger partial charge on any atom is -0.360 e. The van der Waals surface area contributed by atoms with Crippen LogP contribution in [0.5, 0.6) is 0 Å². The maximum atomic E-state index is 12.9. The first-order valence-electron chi connectivity index (χ1n) is 10.4. The SMILES string of the molecule is Cc1cc(NC(=O)CN(CCN2CCCC2)C(=O)C[C@@H](C)CC(C)(C)C)no1. The Hall–Kier alpha value is -1.89. The Morgan fingerprint density at radius 1 is 1.32 bits per heavy atom. The van der Waals surface area contributed by atoms with Crippen LogP contribution in [0, 0.1) is 18.3 Å². The summed E-state index contributed by atoms with van der Waals surface area (Å²) in [5.41, 5.74) is 0.183. The van der Waals surface area contributed by atoms with Gasteiger partial charge in [0.2, 0.25) is 11.8 Å². The number of carbonyl (C=O) groups is 2. The van der Waals surface area contributed by atoms with E-state index in [-0.39, 0.29) is 29.7 Å². The van der Waals surface area contributed by atoms with E-state index >= 15 is 0 Å². The van der Waals surface area contributed by atoms with Crippen LogP contribution in [-0.2, 0) is 9.59 Å². The lowest BCUT2D eigenvalue weighted by Crippen LogP contribution is -2.43. The number of carbonyl (C=O) groups excluding carboxylic acids is 2. The van der Waals surface area contributed by atoms with Crippen molar-refractivity contribution in [3.63, 3.8) is 0 Å². The maximum absolute atomic E-state index is 12.9.